The molecule has 1 aromatic heterocycles. The fourth-order valence-corrected chi connectivity index (χ4v) is 3.19. The lowest BCUT2D eigenvalue weighted by atomic mass is 10.2. The van der Waals surface area contributed by atoms with Crippen LogP contribution in [-0.4, -0.2) is 43.1 Å². The van der Waals surface area contributed by atoms with Gasteiger partial charge in [0.15, 0.2) is 0 Å². The van der Waals surface area contributed by atoms with Gasteiger partial charge in [-0.15, -0.1) is 0 Å². The summed E-state index contributed by atoms with van der Waals surface area (Å²) in [7, 11) is 2.15. The lowest BCUT2D eigenvalue weighted by molar-refractivity contribution is 0.312. The minimum absolute atomic E-state index is 0.644. The van der Waals surface area contributed by atoms with Crippen LogP contribution < -0.4 is 10.2 Å². The minimum atomic E-state index is 0.644. The van der Waals surface area contributed by atoms with Crippen LogP contribution in [0.15, 0.2) is 41.0 Å². The second-order valence-electron chi connectivity index (χ2n) is 5.97. The molecule has 3 rings (SSSR count). The number of benzene rings is 1. The molecule has 1 aliphatic heterocycles. The first-order valence-corrected chi connectivity index (χ1v) is 8.77. The van der Waals surface area contributed by atoms with E-state index in [0.29, 0.717) is 12.1 Å². The largest absolute Gasteiger partial charge is 0.380 e. The molecule has 1 aliphatic rings. The Balaban J connectivity index is 1.59. The summed E-state index contributed by atoms with van der Waals surface area (Å²) in [5.74, 6) is 1.05. The van der Waals surface area contributed by atoms with Crippen LogP contribution in [-0.2, 0) is 6.54 Å². The number of rotatable bonds is 4. The van der Waals surface area contributed by atoms with E-state index in [4.69, 9.17) is 5.26 Å². The molecule has 2 heterocycles. The highest BCUT2D eigenvalue weighted by molar-refractivity contribution is 9.10. The number of piperazine rings is 1. The number of hydrogen-bond acceptors (Lipinski definition) is 5. The fraction of sp³-hybridized carbons (Fsp3) is 0.333. The second-order valence-corrected chi connectivity index (χ2v) is 6.83. The van der Waals surface area contributed by atoms with Crippen LogP contribution in [0.1, 0.15) is 11.1 Å². The average molecular weight is 386 g/mol. The number of nitrogens with zero attached hydrogens (tertiary/aromatic N) is 4. The van der Waals surface area contributed by atoms with Crippen LogP contribution >= 0.6 is 15.9 Å². The van der Waals surface area contributed by atoms with Crippen LogP contribution in [0.3, 0.4) is 0 Å². The molecule has 1 aromatic carbocycles. The molecule has 0 atom stereocenters. The Hall–Kier alpha value is -2.10. The number of halogens is 1. The summed E-state index contributed by atoms with van der Waals surface area (Å²) in [6.07, 6.45) is 1.93. The standard InChI is InChI=1S/C18H20BrN5/c1-23-6-8-24(9-7-23)18-5-3-15(13-22-18)12-21-17-4-2-14(11-20)10-16(17)19/h2-5,10,13,21H,6-9,12H2,1H3. The Bertz CT molecular complexity index is 730. The van der Waals surface area contributed by atoms with Crippen LogP contribution in [0.2, 0.25) is 0 Å². The van der Waals surface area contributed by atoms with Crippen molar-refractivity contribution in [3.8, 4) is 6.07 Å². The molecule has 124 valence electrons. The van der Waals surface area contributed by atoms with Crippen LogP contribution in [0.25, 0.3) is 0 Å². The quantitative estimate of drug-likeness (QED) is 0.876. The third kappa shape index (κ3) is 4.05. The van der Waals surface area contributed by atoms with Crippen molar-refractivity contribution in [3.05, 3.63) is 52.1 Å². The van der Waals surface area contributed by atoms with Gasteiger partial charge in [-0.3, -0.25) is 0 Å². The highest BCUT2D eigenvalue weighted by Crippen LogP contribution is 2.24. The van der Waals surface area contributed by atoms with Crippen molar-refractivity contribution >= 4 is 27.4 Å². The molecule has 0 radical (unpaired) electrons. The molecule has 2 aromatic rings. The average Bonchev–Trinajstić information content (AvgIpc) is 2.62. The Morgan fingerprint density at radius 1 is 1.21 bits per heavy atom. The molecule has 0 unspecified atom stereocenters. The number of aromatic nitrogens is 1. The van der Waals surface area contributed by atoms with Gasteiger partial charge in [0.05, 0.1) is 11.6 Å². The third-order valence-electron chi connectivity index (χ3n) is 4.22. The van der Waals surface area contributed by atoms with Crippen LogP contribution in [0.4, 0.5) is 11.5 Å². The summed E-state index contributed by atoms with van der Waals surface area (Å²) >= 11 is 3.49. The van der Waals surface area contributed by atoms with Crippen LogP contribution in [0.5, 0.6) is 0 Å². The summed E-state index contributed by atoms with van der Waals surface area (Å²) in [6, 6.07) is 11.9. The minimum Gasteiger partial charge on any atom is -0.380 e. The van der Waals surface area contributed by atoms with Crippen molar-refractivity contribution < 1.29 is 0 Å². The summed E-state index contributed by atoms with van der Waals surface area (Å²) in [5.41, 5.74) is 2.74. The first-order chi connectivity index (χ1) is 11.7. The highest BCUT2D eigenvalue weighted by atomic mass is 79.9. The molecule has 0 saturated carbocycles. The predicted molar refractivity (Wildman–Crippen MR) is 100 cm³/mol. The Morgan fingerprint density at radius 2 is 2.00 bits per heavy atom. The molecule has 1 saturated heterocycles. The molecule has 0 aliphatic carbocycles. The Kier molecular flexibility index (Phi) is 5.34. The van der Waals surface area contributed by atoms with Crippen molar-refractivity contribution in [1.29, 1.82) is 5.26 Å². The van der Waals surface area contributed by atoms with Gasteiger partial charge in [-0.2, -0.15) is 5.26 Å². The maximum absolute atomic E-state index is 8.90. The van der Waals surface area contributed by atoms with E-state index >= 15 is 0 Å². The second kappa shape index (κ2) is 7.65. The van der Waals surface area contributed by atoms with E-state index in [1.54, 1.807) is 0 Å². The van der Waals surface area contributed by atoms with Crippen molar-refractivity contribution in [2.45, 2.75) is 6.54 Å². The zero-order valence-electron chi connectivity index (χ0n) is 13.7. The number of nitrogens with one attached hydrogen (secondary N) is 1. The van der Waals surface area contributed by atoms with Crippen molar-refractivity contribution in [1.82, 2.24) is 9.88 Å². The Labute approximate surface area is 151 Å². The van der Waals surface area contributed by atoms with Crippen LogP contribution in [0, 0.1) is 11.3 Å². The highest BCUT2D eigenvalue weighted by Gasteiger charge is 2.14. The predicted octanol–water partition coefficient (Wildman–Crippen LogP) is 3.08. The maximum Gasteiger partial charge on any atom is 0.128 e. The van der Waals surface area contributed by atoms with Gasteiger partial charge in [-0.05, 0) is 52.8 Å². The number of anilines is 2. The van der Waals surface area contributed by atoms with E-state index in [1.807, 2.05) is 24.4 Å². The topological polar surface area (TPSA) is 55.2 Å². The van der Waals surface area contributed by atoms with Gasteiger partial charge in [0.2, 0.25) is 0 Å². The molecular weight excluding hydrogens is 366 g/mol. The summed E-state index contributed by atoms with van der Waals surface area (Å²) in [4.78, 5) is 9.27. The molecule has 24 heavy (non-hydrogen) atoms. The summed E-state index contributed by atoms with van der Waals surface area (Å²) in [5, 5.41) is 12.3. The third-order valence-corrected chi connectivity index (χ3v) is 4.87. The van der Waals surface area contributed by atoms with Gasteiger partial charge in [-0.1, -0.05) is 6.07 Å². The fourth-order valence-electron chi connectivity index (χ4n) is 2.67. The summed E-state index contributed by atoms with van der Waals surface area (Å²) in [6.45, 7) is 4.91. The van der Waals surface area contributed by atoms with Gasteiger partial charge in [0.25, 0.3) is 0 Å². The van der Waals surface area contributed by atoms with E-state index < -0.39 is 0 Å². The molecule has 0 bridgehead atoms. The Morgan fingerprint density at radius 3 is 2.62 bits per heavy atom. The molecule has 1 fully saturated rings. The first-order valence-electron chi connectivity index (χ1n) is 7.97. The molecule has 0 amide bonds. The lowest BCUT2D eigenvalue weighted by Crippen LogP contribution is -2.44. The number of nitriles is 1. The number of pyridine rings is 1. The molecule has 0 spiro atoms. The van der Waals surface area contributed by atoms with Gasteiger partial charge in [0, 0.05) is 49.1 Å². The smallest absolute Gasteiger partial charge is 0.128 e. The van der Waals surface area contributed by atoms with Crippen molar-refractivity contribution in [2.24, 2.45) is 0 Å². The normalized spacial score (nSPS) is 15.1. The first kappa shape index (κ1) is 16.7. The van der Waals surface area contributed by atoms with Gasteiger partial charge >= 0.3 is 0 Å². The van der Waals surface area contributed by atoms with Gasteiger partial charge in [-0.25, -0.2) is 4.98 Å². The van der Waals surface area contributed by atoms with E-state index in [0.717, 1.165) is 47.7 Å². The SMILES string of the molecule is CN1CCN(c2ccc(CNc3ccc(C#N)cc3Br)cn2)CC1. The van der Waals surface area contributed by atoms with E-state index in [1.165, 1.54) is 0 Å². The van der Waals surface area contributed by atoms with Crippen molar-refractivity contribution in [3.63, 3.8) is 0 Å². The van der Waals surface area contributed by atoms with E-state index in [2.05, 4.69) is 61.3 Å². The van der Waals surface area contributed by atoms with E-state index in [9.17, 15) is 0 Å². The van der Waals surface area contributed by atoms with Gasteiger partial charge < -0.3 is 15.1 Å². The zero-order chi connectivity index (χ0) is 16.9. The lowest BCUT2D eigenvalue weighted by Gasteiger charge is -2.33. The molecular formula is C18H20BrN5. The molecule has 6 heteroatoms. The monoisotopic (exact) mass is 385 g/mol. The number of hydrogen-bond donors (Lipinski definition) is 1. The van der Waals surface area contributed by atoms with Crippen molar-refractivity contribution in [2.75, 3.05) is 43.4 Å². The van der Waals surface area contributed by atoms with E-state index in [-0.39, 0.29) is 0 Å². The molecule has 1 N–H and O–H groups in total. The zero-order valence-corrected chi connectivity index (χ0v) is 15.3. The maximum atomic E-state index is 8.90. The number of likely N-dealkylation sites (N-methyl/N-ethyl adjacent to an activating group) is 1. The van der Waals surface area contributed by atoms with Gasteiger partial charge in [0.1, 0.15) is 5.82 Å². The summed E-state index contributed by atoms with van der Waals surface area (Å²) < 4.78 is 0.892. The molecule has 5 nitrogen and oxygen atoms in total.